The summed E-state index contributed by atoms with van der Waals surface area (Å²) in [6.07, 6.45) is 1.64. The quantitative estimate of drug-likeness (QED) is 0.800. The van der Waals surface area contributed by atoms with Gasteiger partial charge in [-0.15, -0.1) is 0 Å². The molecular weight excluding hydrogens is 217 g/mol. The third kappa shape index (κ3) is 4.10. The number of benzene rings is 1. The van der Waals surface area contributed by atoms with Gasteiger partial charge in [0.15, 0.2) is 0 Å². The van der Waals surface area contributed by atoms with Crippen LogP contribution < -0.4 is 5.32 Å². The lowest BCUT2D eigenvalue weighted by atomic mass is 9.94. The summed E-state index contributed by atoms with van der Waals surface area (Å²) in [5.74, 6) is -0.162. The molecule has 1 aromatic rings. The highest BCUT2D eigenvalue weighted by Gasteiger charge is 2.20. The van der Waals surface area contributed by atoms with E-state index in [2.05, 4.69) is 19.2 Å². The van der Waals surface area contributed by atoms with E-state index >= 15 is 0 Å². The van der Waals surface area contributed by atoms with Crippen LogP contribution in [-0.4, -0.2) is 17.3 Å². The summed E-state index contributed by atoms with van der Waals surface area (Å²) in [7, 11) is 0. The van der Waals surface area contributed by atoms with E-state index in [1.54, 1.807) is 19.1 Å². The Morgan fingerprint density at radius 1 is 1.41 bits per heavy atom. The van der Waals surface area contributed by atoms with E-state index in [0.29, 0.717) is 18.5 Å². The van der Waals surface area contributed by atoms with Crippen LogP contribution in [0, 0.1) is 12.7 Å². The first kappa shape index (κ1) is 14.1. The molecule has 2 N–H and O–H groups in total. The molecule has 0 fully saturated rings. The zero-order valence-electron chi connectivity index (χ0n) is 10.9. The first-order valence-electron chi connectivity index (χ1n) is 6.11. The standard InChI is InChI=1S/C14H22FNO/c1-4-14(3,7-8-17)16-10-12-6-5-11(2)13(15)9-12/h5-6,9,16-17H,4,7-8,10H2,1-3H3. The summed E-state index contributed by atoms with van der Waals surface area (Å²) >= 11 is 0. The van der Waals surface area contributed by atoms with E-state index in [0.717, 1.165) is 12.0 Å². The molecule has 1 unspecified atom stereocenters. The number of hydrogen-bond acceptors (Lipinski definition) is 2. The molecule has 0 radical (unpaired) electrons. The largest absolute Gasteiger partial charge is 0.396 e. The molecule has 1 rings (SSSR count). The highest BCUT2D eigenvalue weighted by molar-refractivity contribution is 5.23. The van der Waals surface area contributed by atoms with E-state index < -0.39 is 0 Å². The zero-order chi connectivity index (χ0) is 12.9. The summed E-state index contributed by atoms with van der Waals surface area (Å²) < 4.78 is 13.4. The van der Waals surface area contributed by atoms with Gasteiger partial charge in [-0.1, -0.05) is 19.1 Å². The molecule has 0 saturated carbocycles. The second-order valence-corrected chi connectivity index (χ2v) is 4.82. The molecule has 0 heterocycles. The maximum Gasteiger partial charge on any atom is 0.126 e. The molecule has 96 valence electrons. The van der Waals surface area contributed by atoms with E-state index in [1.165, 1.54) is 0 Å². The molecule has 2 nitrogen and oxygen atoms in total. The van der Waals surface area contributed by atoms with Crippen LogP contribution >= 0.6 is 0 Å². The van der Waals surface area contributed by atoms with Gasteiger partial charge in [0.05, 0.1) is 0 Å². The second kappa shape index (κ2) is 6.12. The number of aryl methyl sites for hydroxylation is 1. The molecule has 0 aliphatic carbocycles. The lowest BCUT2D eigenvalue weighted by Crippen LogP contribution is -2.42. The molecule has 0 amide bonds. The molecule has 3 heteroatoms. The molecule has 0 spiro atoms. The Bertz CT molecular complexity index is 367. The monoisotopic (exact) mass is 239 g/mol. The van der Waals surface area contributed by atoms with Crippen molar-refractivity contribution >= 4 is 0 Å². The first-order valence-corrected chi connectivity index (χ1v) is 6.11. The molecule has 0 aromatic heterocycles. The molecule has 1 aromatic carbocycles. The molecule has 0 bridgehead atoms. The topological polar surface area (TPSA) is 32.3 Å². The van der Waals surface area contributed by atoms with Crippen LogP contribution in [0.4, 0.5) is 4.39 Å². The minimum Gasteiger partial charge on any atom is -0.396 e. The maximum atomic E-state index is 13.4. The van der Waals surface area contributed by atoms with E-state index in [-0.39, 0.29) is 18.0 Å². The van der Waals surface area contributed by atoms with Crippen molar-refractivity contribution < 1.29 is 9.50 Å². The van der Waals surface area contributed by atoms with E-state index in [1.807, 2.05) is 6.07 Å². The van der Waals surface area contributed by atoms with Crippen LogP contribution in [0.25, 0.3) is 0 Å². The Morgan fingerprint density at radius 2 is 2.12 bits per heavy atom. The fraction of sp³-hybridized carbons (Fsp3) is 0.571. The molecular formula is C14H22FNO. The van der Waals surface area contributed by atoms with Crippen molar-refractivity contribution in [3.05, 3.63) is 35.1 Å². The molecule has 1 atom stereocenters. The van der Waals surface area contributed by atoms with Crippen LogP contribution in [0.5, 0.6) is 0 Å². The highest BCUT2D eigenvalue weighted by atomic mass is 19.1. The van der Waals surface area contributed by atoms with Gasteiger partial charge in [-0.3, -0.25) is 0 Å². The molecule has 0 aliphatic rings. The Balaban J connectivity index is 2.62. The Labute approximate surface area is 103 Å². The molecule has 17 heavy (non-hydrogen) atoms. The molecule has 0 saturated heterocycles. The van der Waals surface area contributed by atoms with Crippen molar-refractivity contribution in [2.75, 3.05) is 6.61 Å². The average Bonchev–Trinajstić information content (AvgIpc) is 2.31. The fourth-order valence-corrected chi connectivity index (χ4v) is 1.70. The van der Waals surface area contributed by atoms with E-state index in [4.69, 9.17) is 5.11 Å². The van der Waals surface area contributed by atoms with Gasteiger partial charge in [0.25, 0.3) is 0 Å². The van der Waals surface area contributed by atoms with Gasteiger partial charge in [0.1, 0.15) is 5.82 Å². The van der Waals surface area contributed by atoms with Crippen LogP contribution in [0.2, 0.25) is 0 Å². The van der Waals surface area contributed by atoms with Crippen molar-refractivity contribution in [3.63, 3.8) is 0 Å². The lowest BCUT2D eigenvalue weighted by molar-refractivity contribution is 0.214. The van der Waals surface area contributed by atoms with Crippen LogP contribution in [0.3, 0.4) is 0 Å². The van der Waals surface area contributed by atoms with Crippen molar-refractivity contribution in [1.82, 2.24) is 5.32 Å². The Kier molecular flexibility index (Phi) is 5.09. The van der Waals surface area contributed by atoms with E-state index in [9.17, 15) is 4.39 Å². The third-order valence-corrected chi connectivity index (χ3v) is 3.40. The SMILES string of the molecule is CCC(C)(CCO)NCc1ccc(C)c(F)c1. The summed E-state index contributed by atoms with van der Waals surface area (Å²) in [5, 5.41) is 12.4. The smallest absolute Gasteiger partial charge is 0.126 e. The minimum atomic E-state index is -0.162. The number of aliphatic hydroxyl groups is 1. The number of aliphatic hydroxyl groups excluding tert-OH is 1. The van der Waals surface area contributed by atoms with Crippen molar-refractivity contribution in [3.8, 4) is 0 Å². The summed E-state index contributed by atoms with van der Waals surface area (Å²) in [6.45, 7) is 6.71. The number of nitrogens with one attached hydrogen (secondary N) is 1. The number of rotatable bonds is 6. The summed E-state index contributed by atoms with van der Waals surface area (Å²) in [5.41, 5.74) is 1.52. The predicted molar refractivity (Wildman–Crippen MR) is 68.4 cm³/mol. The van der Waals surface area contributed by atoms with Crippen LogP contribution in [-0.2, 0) is 6.54 Å². The summed E-state index contributed by atoms with van der Waals surface area (Å²) in [4.78, 5) is 0. The number of hydrogen-bond donors (Lipinski definition) is 2. The van der Waals surface area contributed by atoms with Gasteiger partial charge in [-0.2, -0.15) is 0 Å². The van der Waals surface area contributed by atoms with Crippen LogP contribution in [0.15, 0.2) is 18.2 Å². The predicted octanol–water partition coefficient (Wildman–Crippen LogP) is 2.77. The minimum absolute atomic E-state index is 0.0872. The van der Waals surface area contributed by atoms with Gasteiger partial charge in [-0.05, 0) is 43.9 Å². The third-order valence-electron chi connectivity index (χ3n) is 3.40. The fourth-order valence-electron chi connectivity index (χ4n) is 1.70. The normalized spacial score (nSPS) is 14.6. The van der Waals surface area contributed by atoms with Crippen molar-refractivity contribution in [1.29, 1.82) is 0 Å². The van der Waals surface area contributed by atoms with Gasteiger partial charge < -0.3 is 10.4 Å². The maximum absolute atomic E-state index is 13.4. The van der Waals surface area contributed by atoms with Crippen LogP contribution in [0.1, 0.15) is 37.8 Å². The van der Waals surface area contributed by atoms with Gasteiger partial charge in [0.2, 0.25) is 0 Å². The highest BCUT2D eigenvalue weighted by Crippen LogP contribution is 2.16. The zero-order valence-corrected chi connectivity index (χ0v) is 10.9. The second-order valence-electron chi connectivity index (χ2n) is 4.82. The lowest BCUT2D eigenvalue weighted by Gasteiger charge is -2.29. The number of halogens is 1. The Morgan fingerprint density at radius 3 is 2.65 bits per heavy atom. The Hall–Kier alpha value is -0.930. The average molecular weight is 239 g/mol. The van der Waals surface area contributed by atoms with Crippen molar-refractivity contribution in [2.24, 2.45) is 0 Å². The van der Waals surface area contributed by atoms with Gasteiger partial charge in [0, 0.05) is 18.7 Å². The van der Waals surface area contributed by atoms with Gasteiger partial charge in [-0.25, -0.2) is 4.39 Å². The van der Waals surface area contributed by atoms with Gasteiger partial charge >= 0.3 is 0 Å². The summed E-state index contributed by atoms with van der Waals surface area (Å²) in [6, 6.07) is 5.29. The molecule has 0 aliphatic heterocycles. The van der Waals surface area contributed by atoms with Crippen molar-refractivity contribution in [2.45, 2.75) is 45.7 Å². The first-order chi connectivity index (χ1) is 8.00.